The molecule has 0 heterocycles. The van der Waals surface area contributed by atoms with Gasteiger partial charge in [-0.05, 0) is 24.1 Å². The molecule has 0 aromatic heterocycles. The molecule has 1 fully saturated rings. The predicted octanol–water partition coefficient (Wildman–Crippen LogP) is 2.90. The quantitative estimate of drug-likeness (QED) is 0.834. The number of rotatable bonds is 1. The third kappa shape index (κ3) is 4.66. The Bertz CT molecular complexity index is 419. The second-order valence-electron chi connectivity index (χ2n) is 3.86. The summed E-state index contributed by atoms with van der Waals surface area (Å²) in [6.07, 6.45) is -3.93. The van der Waals surface area contributed by atoms with Crippen LogP contribution in [0.2, 0.25) is 0 Å². The lowest BCUT2D eigenvalue weighted by Crippen LogP contribution is -2.21. The number of alkyl halides is 3. The van der Waals surface area contributed by atoms with Crippen LogP contribution >= 0.6 is 15.9 Å². The van der Waals surface area contributed by atoms with Gasteiger partial charge in [-0.1, -0.05) is 28.1 Å². The smallest absolute Gasteiger partial charge is 0.475 e. The van der Waals surface area contributed by atoms with Crippen molar-refractivity contribution in [2.24, 2.45) is 5.73 Å². The van der Waals surface area contributed by atoms with Crippen LogP contribution in [0.3, 0.4) is 0 Å². The van der Waals surface area contributed by atoms with E-state index in [9.17, 15) is 13.2 Å². The molecule has 100 valence electrons. The van der Waals surface area contributed by atoms with Gasteiger partial charge in [0.2, 0.25) is 0 Å². The highest BCUT2D eigenvalue weighted by molar-refractivity contribution is 9.10. The fourth-order valence-corrected chi connectivity index (χ4v) is 1.57. The van der Waals surface area contributed by atoms with Crippen molar-refractivity contribution in [1.29, 1.82) is 0 Å². The first-order valence-corrected chi connectivity index (χ1v) is 5.82. The van der Waals surface area contributed by atoms with Gasteiger partial charge in [0.05, 0.1) is 0 Å². The Labute approximate surface area is 110 Å². The maximum Gasteiger partial charge on any atom is 0.490 e. The number of hydrogen-bond acceptors (Lipinski definition) is 2. The minimum atomic E-state index is -5.08. The Hall–Kier alpha value is -1.08. The Kier molecular flexibility index (Phi) is 4.75. The van der Waals surface area contributed by atoms with Crippen molar-refractivity contribution >= 4 is 21.9 Å². The van der Waals surface area contributed by atoms with Crippen LogP contribution in [0.4, 0.5) is 13.2 Å². The summed E-state index contributed by atoms with van der Waals surface area (Å²) in [6.45, 7) is 0. The zero-order valence-electron chi connectivity index (χ0n) is 9.12. The first kappa shape index (κ1) is 15.0. The standard InChI is InChI=1S/C9H10BrN.C2HF3O2/c10-7-3-1-6(2-4-7)8-5-9(8)11;3-2(4,5)1(6)7/h1-4,8-9H,5,11H2;(H,6,7). The molecule has 0 aliphatic heterocycles. The fraction of sp³-hybridized carbons (Fsp3) is 0.364. The van der Waals surface area contributed by atoms with Crippen molar-refractivity contribution in [1.82, 2.24) is 0 Å². The fourth-order valence-electron chi connectivity index (χ4n) is 1.31. The van der Waals surface area contributed by atoms with Crippen molar-refractivity contribution in [2.45, 2.75) is 24.6 Å². The van der Waals surface area contributed by atoms with Crippen LogP contribution in [-0.4, -0.2) is 23.3 Å². The van der Waals surface area contributed by atoms with Crippen LogP contribution in [0.1, 0.15) is 17.9 Å². The van der Waals surface area contributed by atoms with Crippen LogP contribution in [0, 0.1) is 0 Å². The van der Waals surface area contributed by atoms with Crippen LogP contribution < -0.4 is 5.73 Å². The van der Waals surface area contributed by atoms with Crippen molar-refractivity contribution in [3.63, 3.8) is 0 Å². The summed E-state index contributed by atoms with van der Waals surface area (Å²) in [4.78, 5) is 8.90. The van der Waals surface area contributed by atoms with Crippen molar-refractivity contribution < 1.29 is 23.1 Å². The Morgan fingerprint density at radius 3 is 2.00 bits per heavy atom. The second kappa shape index (κ2) is 5.71. The lowest BCUT2D eigenvalue weighted by atomic mass is 10.1. The molecule has 1 saturated carbocycles. The van der Waals surface area contributed by atoms with Crippen molar-refractivity contribution in [3.05, 3.63) is 34.3 Å². The number of aliphatic carboxylic acids is 1. The highest BCUT2D eigenvalue weighted by Crippen LogP contribution is 2.38. The van der Waals surface area contributed by atoms with Gasteiger partial charge in [-0.25, -0.2) is 4.79 Å². The molecule has 2 atom stereocenters. The minimum absolute atomic E-state index is 0.413. The van der Waals surface area contributed by atoms with Gasteiger partial charge >= 0.3 is 12.1 Å². The Morgan fingerprint density at radius 2 is 1.72 bits per heavy atom. The molecule has 2 rings (SSSR count). The topological polar surface area (TPSA) is 63.3 Å². The molecule has 0 bridgehead atoms. The number of benzene rings is 1. The second-order valence-corrected chi connectivity index (χ2v) is 4.78. The maximum atomic E-state index is 10.6. The normalized spacial score (nSPS) is 21.8. The van der Waals surface area contributed by atoms with E-state index in [0.29, 0.717) is 12.0 Å². The summed E-state index contributed by atoms with van der Waals surface area (Å²) in [6, 6.07) is 8.83. The van der Waals surface area contributed by atoms with Gasteiger partial charge < -0.3 is 10.8 Å². The van der Waals surface area contributed by atoms with E-state index in [0.717, 1.165) is 10.9 Å². The molecule has 3 N–H and O–H groups in total. The van der Waals surface area contributed by atoms with E-state index in [1.165, 1.54) is 5.56 Å². The van der Waals surface area contributed by atoms with Crippen LogP contribution in [0.25, 0.3) is 0 Å². The van der Waals surface area contributed by atoms with Gasteiger partial charge in [-0.3, -0.25) is 0 Å². The summed E-state index contributed by atoms with van der Waals surface area (Å²) in [5.41, 5.74) is 7.10. The van der Waals surface area contributed by atoms with E-state index in [1.807, 2.05) is 0 Å². The van der Waals surface area contributed by atoms with Crippen molar-refractivity contribution in [2.75, 3.05) is 0 Å². The van der Waals surface area contributed by atoms with E-state index in [2.05, 4.69) is 40.2 Å². The number of nitrogens with two attached hydrogens (primary N) is 1. The Morgan fingerprint density at radius 1 is 1.33 bits per heavy atom. The maximum absolute atomic E-state index is 10.6. The van der Waals surface area contributed by atoms with Gasteiger partial charge in [-0.2, -0.15) is 13.2 Å². The predicted molar refractivity (Wildman–Crippen MR) is 63.2 cm³/mol. The van der Waals surface area contributed by atoms with Crippen LogP contribution in [-0.2, 0) is 4.79 Å². The lowest BCUT2D eigenvalue weighted by Gasteiger charge is -1.96. The first-order chi connectivity index (χ1) is 8.21. The largest absolute Gasteiger partial charge is 0.490 e. The molecule has 1 aromatic carbocycles. The molecule has 0 amide bonds. The zero-order valence-corrected chi connectivity index (χ0v) is 10.7. The average molecular weight is 326 g/mol. The summed E-state index contributed by atoms with van der Waals surface area (Å²) in [5.74, 6) is -2.13. The molecule has 0 saturated heterocycles. The molecule has 0 radical (unpaired) electrons. The SMILES string of the molecule is NC1CC1c1ccc(Br)cc1.O=C(O)C(F)(F)F. The average Bonchev–Trinajstić information content (AvgIpc) is 2.96. The van der Waals surface area contributed by atoms with Crippen LogP contribution in [0.5, 0.6) is 0 Å². The van der Waals surface area contributed by atoms with Gasteiger partial charge in [0, 0.05) is 16.4 Å². The van der Waals surface area contributed by atoms with Crippen LogP contribution in [0.15, 0.2) is 28.7 Å². The number of hydrogen-bond donors (Lipinski definition) is 2. The number of carboxylic acid groups (broad SMARTS) is 1. The lowest BCUT2D eigenvalue weighted by molar-refractivity contribution is -0.192. The van der Waals surface area contributed by atoms with Gasteiger partial charge in [0.1, 0.15) is 0 Å². The molecule has 7 heteroatoms. The van der Waals surface area contributed by atoms with Crippen molar-refractivity contribution in [3.8, 4) is 0 Å². The molecule has 1 aromatic rings. The van der Waals surface area contributed by atoms with E-state index < -0.39 is 12.1 Å². The first-order valence-electron chi connectivity index (χ1n) is 5.03. The van der Waals surface area contributed by atoms with E-state index in [4.69, 9.17) is 15.6 Å². The van der Waals surface area contributed by atoms with Gasteiger partial charge in [0.15, 0.2) is 0 Å². The number of halogens is 4. The summed E-state index contributed by atoms with van der Waals surface area (Å²) < 4.78 is 32.9. The molecule has 1 aliphatic rings. The van der Waals surface area contributed by atoms with Gasteiger partial charge in [0.25, 0.3) is 0 Å². The van der Waals surface area contributed by atoms with E-state index in [1.54, 1.807) is 0 Å². The molecule has 1 aliphatic carbocycles. The Balaban J connectivity index is 0.000000203. The number of carbonyl (C=O) groups is 1. The minimum Gasteiger partial charge on any atom is -0.475 e. The summed E-state index contributed by atoms with van der Waals surface area (Å²) in [7, 11) is 0. The van der Waals surface area contributed by atoms with E-state index >= 15 is 0 Å². The third-order valence-corrected chi connectivity index (χ3v) is 2.91. The molecule has 3 nitrogen and oxygen atoms in total. The molecular formula is C11H11BrF3NO2. The molecule has 2 unspecified atom stereocenters. The summed E-state index contributed by atoms with van der Waals surface area (Å²) >= 11 is 3.40. The molecule has 18 heavy (non-hydrogen) atoms. The molecule has 0 spiro atoms. The summed E-state index contributed by atoms with van der Waals surface area (Å²) in [5, 5.41) is 7.12. The number of carboxylic acids is 1. The highest BCUT2D eigenvalue weighted by atomic mass is 79.9. The van der Waals surface area contributed by atoms with Gasteiger partial charge in [-0.15, -0.1) is 0 Å². The highest BCUT2D eigenvalue weighted by Gasteiger charge is 2.38. The molecular weight excluding hydrogens is 315 g/mol. The monoisotopic (exact) mass is 325 g/mol. The zero-order chi connectivity index (χ0) is 13.9. The third-order valence-electron chi connectivity index (χ3n) is 2.38. The van der Waals surface area contributed by atoms with E-state index in [-0.39, 0.29) is 0 Å².